The third kappa shape index (κ3) is 6.67. The Kier molecular flexibility index (Phi) is 10.7. The van der Waals surface area contributed by atoms with Crippen LogP contribution in [0.4, 0.5) is 0 Å². The highest BCUT2D eigenvalue weighted by Gasteiger charge is 2.75. The normalized spacial score (nSPS) is 24.7. The van der Waals surface area contributed by atoms with Crippen LogP contribution in [0, 0.1) is 17.8 Å². The number of aliphatic hydroxyl groups is 1. The molecule has 2 bridgehead atoms. The van der Waals surface area contributed by atoms with Crippen LogP contribution in [0.2, 0.25) is 0 Å². The van der Waals surface area contributed by atoms with E-state index in [1.54, 1.807) is 21.7 Å². The van der Waals surface area contributed by atoms with Crippen molar-refractivity contribution in [1.29, 1.82) is 0 Å². The maximum Gasteiger partial charge on any atom is 0.306 e. The molecule has 2 aromatic carbocycles. The first kappa shape index (κ1) is 35.9. The number of nitrogens with zero attached hydrogens (tertiary/aromatic N) is 5. The van der Waals surface area contributed by atoms with Crippen molar-refractivity contribution in [3.63, 3.8) is 0 Å². The first-order valence-electron chi connectivity index (χ1n) is 17.6. The number of esters is 1. The van der Waals surface area contributed by atoms with Crippen molar-refractivity contribution in [2.45, 2.75) is 76.0 Å². The molecule has 3 aliphatic heterocycles. The van der Waals surface area contributed by atoms with Gasteiger partial charge in [-0.1, -0.05) is 73.7 Å². The van der Waals surface area contributed by atoms with E-state index in [4.69, 9.17) is 9.47 Å². The summed E-state index contributed by atoms with van der Waals surface area (Å²) in [5.74, 6) is -3.72. The molecule has 3 saturated heterocycles. The molecule has 0 radical (unpaired) electrons. The Morgan fingerprint density at radius 2 is 1.88 bits per heavy atom. The predicted octanol–water partition coefficient (Wildman–Crippen LogP) is 3.16. The zero-order chi connectivity index (χ0) is 36.3. The predicted molar refractivity (Wildman–Crippen MR) is 187 cm³/mol. The van der Waals surface area contributed by atoms with Crippen LogP contribution in [0.1, 0.15) is 51.1 Å². The van der Waals surface area contributed by atoms with E-state index in [1.807, 2.05) is 68.4 Å². The first-order chi connectivity index (χ1) is 24.6. The minimum Gasteiger partial charge on any atom is -0.463 e. The second-order valence-corrected chi connectivity index (χ2v) is 13.8. The summed E-state index contributed by atoms with van der Waals surface area (Å²) in [6.07, 6.45) is 4.12. The van der Waals surface area contributed by atoms with Crippen LogP contribution < -0.4 is 5.32 Å². The molecule has 51 heavy (non-hydrogen) atoms. The molecule has 13 nitrogen and oxygen atoms in total. The Labute approximate surface area is 297 Å². The summed E-state index contributed by atoms with van der Waals surface area (Å²) >= 11 is 0. The molecule has 0 aliphatic carbocycles. The van der Waals surface area contributed by atoms with Crippen molar-refractivity contribution >= 4 is 34.7 Å². The van der Waals surface area contributed by atoms with Gasteiger partial charge in [0.1, 0.15) is 30.4 Å². The number of para-hydroxylation sites is 1. The van der Waals surface area contributed by atoms with Gasteiger partial charge >= 0.3 is 5.97 Å². The van der Waals surface area contributed by atoms with Gasteiger partial charge in [-0.05, 0) is 42.9 Å². The molecule has 1 spiro atoms. The van der Waals surface area contributed by atoms with Crippen LogP contribution in [0.25, 0.3) is 11.0 Å². The fourth-order valence-electron chi connectivity index (χ4n) is 8.02. The highest BCUT2D eigenvalue weighted by Crippen LogP contribution is 2.59. The van der Waals surface area contributed by atoms with Gasteiger partial charge in [-0.25, -0.2) is 4.68 Å². The van der Waals surface area contributed by atoms with Gasteiger partial charge < -0.3 is 29.7 Å². The number of carbonyl (C=O) groups excluding carboxylic acids is 4. The van der Waals surface area contributed by atoms with E-state index >= 15 is 0 Å². The zero-order valence-electron chi connectivity index (χ0n) is 29.1. The lowest BCUT2D eigenvalue weighted by Crippen LogP contribution is -2.59. The van der Waals surface area contributed by atoms with Gasteiger partial charge in [0.2, 0.25) is 17.7 Å². The number of ether oxygens (including phenoxy) is 2. The number of aliphatic hydroxyl groups excluding tert-OH is 1. The van der Waals surface area contributed by atoms with Crippen molar-refractivity contribution in [2.75, 3.05) is 19.8 Å². The number of hydrogen-bond acceptors (Lipinski definition) is 9. The fraction of sp³-hybridized carbons (Fsp3) is 0.474. The number of allylic oxidation sites excluding steroid dienone is 1. The SMILES string of the molecule is C=CCCC(=O)OC[C@@H](NC(=O)[C@@H]1[C@H]2C(=O)N([C@@H](CO)C(C)C)[C@H](C(=O)N(CC=C)Cn3nnc4ccccc43)[C@]23CC[C@H]1O3)c1ccccc1. The van der Waals surface area contributed by atoms with Crippen molar-refractivity contribution < 1.29 is 33.8 Å². The molecule has 0 unspecified atom stereocenters. The summed E-state index contributed by atoms with van der Waals surface area (Å²) in [6.45, 7) is 11.0. The third-order valence-corrected chi connectivity index (χ3v) is 10.5. The minimum absolute atomic E-state index is 0.0354. The number of nitrogens with one attached hydrogen (secondary N) is 1. The van der Waals surface area contributed by atoms with Crippen LogP contribution in [-0.4, -0.2) is 97.1 Å². The van der Waals surface area contributed by atoms with Gasteiger partial charge in [-0.3, -0.25) is 19.2 Å². The molecular formula is C38H46N6O7. The fourth-order valence-corrected chi connectivity index (χ4v) is 8.02. The second kappa shape index (κ2) is 15.2. The van der Waals surface area contributed by atoms with Crippen LogP contribution >= 0.6 is 0 Å². The van der Waals surface area contributed by atoms with Gasteiger partial charge in [-0.2, -0.15) is 0 Å². The Balaban J connectivity index is 1.32. The van der Waals surface area contributed by atoms with Gasteiger partial charge in [0, 0.05) is 13.0 Å². The second-order valence-electron chi connectivity index (χ2n) is 13.8. The number of fused-ring (bicyclic) bond motifs is 2. The molecule has 3 fully saturated rings. The lowest BCUT2D eigenvalue weighted by molar-refractivity contribution is -0.153. The average molecular weight is 699 g/mol. The molecule has 0 saturated carbocycles. The number of carbonyl (C=O) groups is 4. The van der Waals surface area contributed by atoms with Gasteiger partial charge in [0.25, 0.3) is 0 Å². The van der Waals surface area contributed by atoms with Crippen LogP contribution in [0.15, 0.2) is 79.9 Å². The van der Waals surface area contributed by atoms with Crippen molar-refractivity contribution in [1.82, 2.24) is 30.1 Å². The van der Waals surface area contributed by atoms with Gasteiger partial charge in [0.05, 0.1) is 42.1 Å². The van der Waals surface area contributed by atoms with Crippen molar-refractivity contribution in [3.05, 3.63) is 85.5 Å². The lowest BCUT2D eigenvalue weighted by atomic mass is 9.70. The molecule has 3 aliphatic rings. The number of hydrogen-bond donors (Lipinski definition) is 2. The number of amides is 3. The van der Waals surface area contributed by atoms with Crippen molar-refractivity contribution in [2.24, 2.45) is 17.8 Å². The van der Waals surface area contributed by atoms with E-state index in [9.17, 15) is 24.3 Å². The molecule has 4 heterocycles. The monoisotopic (exact) mass is 698 g/mol. The largest absolute Gasteiger partial charge is 0.463 e. The number of benzene rings is 2. The molecular weight excluding hydrogens is 652 g/mol. The van der Waals surface area contributed by atoms with Crippen LogP contribution in [0.3, 0.4) is 0 Å². The summed E-state index contributed by atoms with van der Waals surface area (Å²) in [7, 11) is 0. The average Bonchev–Trinajstić information content (AvgIpc) is 3.89. The maximum atomic E-state index is 14.9. The molecule has 1 aromatic heterocycles. The Hall–Kier alpha value is -4.88. The number of aromatic nitrogens is 3. The third-order valence-electron chi connectivity index (χ3n) is 10.5. The van der Waals surface area contributed by atoms with Gasteiger partial charge in [0.15, 0.2) is 0 Å². The van der Waals surface area contributed by atoms with Crippen LogP contribution in [0.5, 0.6) is 0 Å². The summed E-state index contributed by atoms with van der Waals surface area (Å²) in [4.78, 5) is 59.4. The molecule has 6 rings (SSSR count). The number of rotatable bonds is 16. The van der Waals surface area contributed by atoms with E-state index in [0.717, 1.165) is 11.1 Å². The molecule has 7 atom stereocenters. The summed E-state index contributed by atoms with van der Waals surface area (Å²) < 4.78 is 13.8. The highest BCUT2D eigenvalue weighted by molar-refractivity contribution is 5.99. The molecule has 13 heteroatoms. The van der Waals surface area contributed by atoms with E-state index in [0.29, 0.717) is 24.8 Å². The lowest BCUT2D eigenvalue weighted by Gasteiger charge is -2.40. The smallest absolute Gasteiger partial charge is 0.306 e. The number of likely N-dealkylation sites (tertiary alicyclic amines) is 1. The van der Waals surface area contributed by atoms with Gasteiger partial charge in [-0.15, -0.1) is 18.3 Å². The standard InChI is InChI=1S/C38H46N6O7/c1-5-7-17-31(46)50-22-27(25-13-9-8-10-14-25)39-35(47)32-30-18-19-38(51-30)33(32)36(48)44(29(21-45)24(3)4)34(38)37(49)42(20-6-2)23-43-28-16-12-11-15-26(28)40-41-43/h5-6,8-16,24,27,29-30,32-34,45H,1-2,7,17-23H2,3-4H3,(H,39,47)/t27-,29+,30-,32+,33+,34-,38+/m1/s1. The molecule has 2 N–H and O–H groups in total. The van der Waals surface area contributed by atoms with E-state index in [2.05, 4.69) is 28.8 Å². The summed E-state index contributed by atoms with van der Waals surface area (Å²) in [5, 5.41) is 22.2. The zero-order valence-corrected chi connectivity index (χ0v) is 29.1. The minimum atomic E-state index is -1.30. The molecule has 3 amide bonds. The quantitative estimate of drug-likeness (QED) is 0.170. The van der Waals surface area contributed by atoms with Crippen molar-refractivity contribution in [3.8, 4) is 0 Å². The maximum absolute atomic E-state index is 14.9. The Morgan fingerprint density at radius 3 is 2.59 bits per heavy atom. The highest BCUT2D eigenvalue weighted by atomic mass is 16.5. The first-order valence-corrected chi connectivity index (χ1v) is 17.6. The van der Waals surface area contributed by atoms with E-state index in [-0.39, 0.29) is 44.7 Å². The molecule has 3 aromatic rings. The molecule has 270 valence electrons. The van der Waals surface area contributed by atoms with E-state index < -0.39 is 59.5 Å². The Bertz CT molecular complexity index is 1780. The summed E-state index contributed by atoms with van der Waals surface area (Å²) in [5.41, 5.74) is 0.840. The van der Waals surface area contributed by atoms with Crippen LogP contribution in [-0.2, 0) is 35.3 Å². The Morgan fingerprint density at radius 1 is 1.14 bits per heavy atom. The summed E-state index contributed by atoms with van der Waals surface area (Å²) in [6, 6.07) is 14.1. The van der Waals surface area contributed by atoms with E-state index in [1.165, 1.54) is 4.90 Å². The topological polar surface area (TPSA) is 156 Å².